The molecule has 4 nitrogen and oxygen atoms in total. The molecule has 1 heterocycles. The van der Waals surface area contributed by atoms with Crippen LogP contribution in [0.25, 0.3) is 10.9 Å². The highest BCUT2D eigenvalue weighted by molar-refractivity contribution is 6.30. The number of amides is 1. The van der Waals surface area contributed by atoms with Crippen molar-refractivity contribution >= 4 is 28.4 Å². The fourth-order valence-corrected chi connectivity index (χ4v) is 2.74. The number of hydrogen-bond donors (Lipinski definition) is 1. The van der Waals surface area contributed by atoms with Crippen LogP contribution in [0.1, 0.15) is 21.5 Å². The molecule has 0 bridgehead atoms. The van der Waals surface area contributed by atoms with Gasteiger partial charge in [-0.05, 0) is 54.3 Å². The number of carbonyl (C=O) groups excluding carboxylic acids is 1. The fourth-order valence-electron chi connectivity index (χ4n) is 2.62. The van der Waals surface area contributed by atoms with Gasteiger partial charge in [-0.3, -0.25) is 9.59 Å². The Bertz CT molecular complexity index is 961. The number of aromatic amines is 1. The minimum absolute atomic E-state index is 0.157. The highest BCUT2D eigenvalue weighted by atomic mass is 35.5. The van der Waals surface area contributed by atoms with E-state index in [0.717, 1.165) is 16.5 Å². The summed E-state index contributed by atoms with van der Waals surface area (Å²) in [5, 5.41) is 1.53. The number of pyridine rings is 1. The van der Waals surface area contributed by atoms with Crippen molar-refractivity contribution < 1.29 is 4.79 Å². The van der Waals surface area contributed by atoms with Gasteiger partial charge in [-0.15, -0.1) is 0 Å². The van der Waals surface area contributed by atoms with Crippen LogP contribution >= 0.6 is 11.6 Å². The molecule has 1 amide bonds. The zero-order valence-corrected chi connectivity index (χ0v) is 14.2. The number of halogens is 1. The molecule has 0 fully saturated rings. The number of hydrogen-bond acceptors (Lipinski definition) is 2. The van der Waals surface area contributed by atoms with E-state index in [2.05, 4.69) is 4.98 Å². The first-order valence-electron chi connectivity index (χ1n) is 7.57. The van der Waals surface area contributed by atoms with Gasteiger partial charge in [0.15, 0.2) is 0 Å². The summed E-state index contributed by atoms with van der Waals surface area (Å²) in [4.78, 5) is 29.1. The number of aryl methyl sites for hydroxylation is 1. The van der Waals surface area contributed by atoms with E-state index in [1.807, 2.05) is 31.2 Å². The SMILES string of the molecule is Cc1ccc2cc(CN(C)C(=O)c3ccc(Cl)cc3)c(=O)[nH]c2c1. The Morgan fingerprint density at radius 3 is 2.54 bits per heavy atom. The van der Waals surface area contributed by atoms with Crippen LogP contribution in [0.5, 0.6) is 0 Å². The van der Waals surface area contributed by atoms with E-state index in [4.69, 9.17) is 11.6 Å². The molecule has 0 atom stereocenters. The molecule has 0 aliphatic carbocycles. The van der Waals surface area contributed by atoms with E-state index >= 15 is 0 Å². The van der Waals surface area contributed by atoms with Crippen molar-refractivity contribution in [1.82, 2.24) is 9.88 Å². The lowest BCUT2D eigenvalue weighted by atomic mass is 10.1. The first kappa shape index (κ1) is 16.3. The van der Waals surface area contributed by atoms with Crippen molar-refractivity contribution in [1.29, 1.82) is 0 Å². The normalized spacial score (nSPS) is 10.8. The van der Waals surface area contributed by atoms with Crippen molar-refractivity contribution in [3.05, 3.63) is 80.6 Å². The van der Waals surface area contributed by atoms with Crippen LogP contribution in [0, 0.1) is 6.92 Å². The van der Waals surface area contributed by atoms with Crippen molar-refractivity contribution in [2.24, 2.45) is 0 Å². The fraction of sp³-hybridized carbons (Fsp3) is 0.158. The van der Waals surface area contributed by atoms with Crippen LogP contribution in [0.2, 0.25) is 5.02 Å². The maximum atomic E-state index is 12.5. The van der Waals surface area contributed by atoms with Crippen molar-refractivity contribution in [2.75, 3.05) is 7.05 Å². The molecule has 122 valence electrons. The van der Waals surface area contributed by atoms with Crippen molar-refractivity contribution in [2.45, 2.75) is 13.5 Å². The van der Waals surface area contributed by atoms with Gasteiger partial charge in [-0.1, -0.05) is 23.7 Å². The number of aromatic nitrogens is 1. The first-order chi connectivity index (χ1) is 11.4. The number of carbonyl (C=O) groups is 1. The highest BCUT2D eigenvalue weighted by Crippen LogP contribution is 2.15. The van der Waals surface area contributed by atoms with Gasteiger partial charge in [-0.2, -0.15) is 0 Å². The molecule has 0 saturated carbocycles. The number of fused-ring (bicyclic) bond motifs is 1. The number of H-pyrrole nitrogens is 1. The lowest BCUT2D eigenvalue weighted by molar-refractivity contribution is 0.0784. The Hall–Kier alpha value is -2.59. The van der Waals surface area contributed by atoms with Crippen LogP contribution in [0.15, 0.2) is 53.3 Å². The maximum Gasteiger partial charge on any atom is 0.253 e. The minimum atomic E-state index is -0.177. The summed E-state index contributed by atoms with van der Waals surface area (Å²) in [6, 6.07) is 14.4. The van der Waals surface area contributed by atoms with Gasteiger partial charge in [0.05, 0.1) is 6.54 Å². The molecule has 2 aromatic carbocycles. The number of nitrogens with zero attached hydrogens (tertiary/aromatic N) is 1. The monoisotopic (exact) mass is 340 g/mol. The summed E-state index contributed by atoms with van der Waals surface area (Å²) in [5.41, 5.74) is 2.80. The van der Waals surface area contributed by atoms with Gasteiger partial charge in [0, 0.05) is 28.7 Å². The van der Waals surface area contributed by atoms with E-state index in [0.29, 0.717) is 16.1 Å². The smallest absolute Gasteiger partial charge is 0.253 e. The van der Waals surface area contributed by atoms with Gasteiger partial charge < -0.3 is 9.88 Å². The molecule has 0 aliphatic heterocycles. The molecule has 0 unspecified atom stereocenters. The second-order valence-electron chi connectivity index (χ2n) is 5.88. The van der Waals surface area contributed by atoms with Crippen LogP contribution < -0.4 is 5.56 Å². The van der Waals surface area contributed by atoms with Gasteiger partial charge in [-0.25, -0.2) is 0 Å². The second-order valence-corrected chi connectivity index (χ2v) is 6.32. The Labute approximate surface area is 144 Å². The predicted molar refractivity (Wildman–Crippen MR) is 96.6 cm³/mol. The van der Waals surface area contributed by atoms with E-state index in [1.54, 1.807) is 31.3 Å². The Morgan fingerprint density at radius 2 is 1.83 bits per heavy atom. The van der Waals surface area contributed by atoms with Crippen LogP contribution in [-0.2, 0) is 6.54 Å². The Morgan fingerprint density at radius 1 is 1.12 bits per heavy atom. The summed E-state index contributed by atoms with van der Waals surface area (Å²) >= 11 is 5.84. The molecule has 0 spiro atoms. The molecule has 24 heavy (non-hydrogen) atoms. The zero-order chi connectivity index (χ0) is 17.3. The number of benzene rings is 2. The molecular weight excluding hydrogens is 324 g/mol. The summed E-state index contributed by atoms with van der Waals surface area (Å²) in [6.07, 6.45) is 0. The van der Waals surface area contributed by atoms with E-state index < -0.39 is 0 Å². The van der Waals surface area contributed by atoms with Gasteiger partial charge in [0.2, 0.25) is 0 Å². The predicted octanol–water partition coefficient (Wildman–Crippen LogP) is 3.76. The summed E-state index contributed by atoms with van der Waals surface area (Å²) in [7, 11) is 1.68. The molecule has 0 saturated heterocycles. The molecule has 5 heteroatoms. The van der Waals surface area contributed by atoms with E-state index in [9.17, 15) is 9.59 Å². The summed E-state index contributed by atoms with van der Waals surface area (Å²) in [6.45, 7) is 2.21. The summed E-state index contributed by atoms with van der Waals surface area (Å²) in [5.74, 6) is -0.157. The third-order valence-electron chi connectivity index (χ3n) is 3.92. The van der Waals surface area contributed by atoms with Crippen molar-refractivity contribution in [3.8, 4) is 0 Å². The molecule has 0 aliphatic rings. The third-order valence-corrected chi connectivity index (χ3v) is 4.18. The van der Waals surface area contributed by atoms with E-state index in [1.165, 1.54) is 4.90 Å². The molecule has 1 aromatic heterocycles. The molecular formula is C19H17ClN2O2. The zero-order valence-electron chi connectivity index (χ0n) is 13.5. The molecule has 1 N–H and O–H groups in total. The minimum Gasteiger partial charge on any atom is -0.337 e. The highest BCUT2D eigenvalue weighted by Gasteiger charge is 2.14. The van der Waals surface area contributed by atoms with Crippen LogP contribution in [-0.4, -0.2) is 22.8 Å². The molecule has 0 radical (unpaired) electrons. The largest absolute Gasteiger partial charge is 0.337 e. The average Bonchev–Trinajstić information content (AvgIpc) is 2.55. The lowest BCUT2D eigenvalue weighted by Crippen LogP contribution is -2.29. The third kappa shape index (κ3) is 3.34. The maximum absolute atomic E-state index is 12.5. The van der Waals surface area contributed by atoms with Gasteiger partial charge in [0.25, 0.3) is 11.5 Å². The number of rotatable bonds is 3. The number of nitrogens with one attached hydrogen (secondary N) is 1. The van der Waals surface area contributed by atoms with Gasteiger partial charge in [0.1, 0.15) is 0 Å². The van der Waals surface area contributed by atoms with Crippen LogP contribution in [0.4, 0.5) is 0 Å². The van der Waals surface area contributed by atoms with E-state index in [-0.39, 0.29) is 18.0 Å². The first-order valence-corrected chi connectivity index (χ1v) is 7.95. The summed E-state index contributed by atoms with van der Waals surface area (Å²) < 4.78 is 0. The lowest BCUT2D eigenvalue weighted by Gasteiger charge is -2.17. The average molecular weight is 341 g/mol. The standard InChI is InChI=1S/C19H17ClN2O2/c1-12-3-4-14-10-15(18(23)21-17(14)9-12)11-22(2)19(24)13-5-7-16(20)8-6-13/h3-10H,11H2,1-2H3,(H,21,23). The van der Waals surface area contributed by atoms with Crippen LogP contribution in [0.3, 0.4) is 0 Å². The second kappa shape index (κ2) is 6.49. The molecule has 3 aromatic rings. The Kier molecular flexibility index (Phi) is 4.40. The molecule has 3 rings (SSSR count). The van der Waals surface area contributed by atoms with Gasteiger partial charge >= 0.3 is 0 Å². The Balaban J connectivity index is 1.87. The topological polar surface area (TPSA) is 53.2 Å². The quantitative estimate of drug-likeness (QED) is 0.789. The van der Waals surface area contributed by atoms with Crippen molar-refractivity contribution in [3.63, 3.8) is 0 Å².